The van der Waals surface area contributed by atoms with Crippen LogP contribution in [-0.2, 0) is 9.53 Å². The molecule has 0 saturated carbocycles. The maximum atomic E-state index is 12.1. The van der Waals surface area contributed by atoms with Gasteiger partial charge in [0, 0.05) is 18.6 Å². The van der Waals surface area contributed by atoms with Crippen LogP contribution >= 0.6 is 0 Å². The SMILES string of the molecule is CC(N)CCCC(C)C(=O)NC1(C)CCCOC1. The zero-order valence-electron chi connectivity index (χ0n) is 12.0. The van der Waals surface area contributed by atoms with Gasteiger partial charge in [0.2, 0.25) is 5.91 Å². The van der Waals surface area contributed by atoms with Crippen molar-refractivity contribution in [3.05, 3.63) is 0 Å². The molecular formula is C14H28N2O2. The first kappa shape index (κ1) is 15.4. The van der Waals surface area contributed by atoms with Gasteiger partial charge in [-0.3, -0.25) is 4.79 Å². The predicted octanol–water partition coefficient (Wildman–Crippen LogP) is 1.83. The van der Waals surface area contributed by atoms with Crippen LogP contribution in [0.25, 0.3) is 0 Å². The lowest BCUT2D eigenvalue weighted by Crippen LogP contribution is -2.52. The first-order chi connectivity index (χ1) is 8.43. The molecule has 3 atom stereocenters. The van der Waals surface area contributed by atoms with E-state index >= 15 is 0 Å². The summed E-state index contributed by atoms with van der Waals surface area (Å²) in [5, 5.41) is 3.14. The van der Waals surface area contributed by atoms with Gasteiger partial charge in [0.15, 0.2) is 0 Å². The highest BCUT2D eigenvalue weighted by Crippen LogP contribution is 2.19. The van der Waals surface area contributed by atoms with Gasteiger partial charge in [-0.2, -0.15) is 0 Å². The Morgan fingerprint density at radius 3 is 2.72 bits per heavy atom. The lowest BCUT2D eigenvalue weighted by molar-refractivity contribution is -0.128. The molecule has 0 aliphatic carbocycles. The minimum absolute atomic E-state index is 0.0579. The van der Waals surface area contributed by atoms with Crippen LogP contribution in [0.1, 0.15) is 52.9 Å². The van der Waals surface area contributed by atoms with E-state index in [9.17, 15) is 4.79 Å². The van der Waals surface area contributed by atoms with E-state index in [4.69, 9.17) is 10.5 Å². The van der Waals surface area contributed by atoms with Crippen molar-refractivity contribution in [3.63, 3.8) is 0 Å². The molecule has 1 aliphatic rings. The molecule has 1 fully saturated rings. The van der Waals surface area contributed by atoms with Crippen LogP contribution in [0.4, 0.5) is 0 Å². The van der Waals surface area contributed by atoms with Crippen molar-refractivity contribution >= 4 is 5.91 Å². The van der Waals surface area contributed by atoms with Crippen LogP contribution in [0.2, 0.25) is 0 Å². The quantitative estimate of drug-likeness (QED) is 0.762. The number of carbonyl (C=O) groups excluding carboxylic acids is 1. The number of carbonyl (C=O) groups is 1. The van der Waals surface area contributed by atoms with E-state index in [0.29, 0.717) is 6.61 Å². The van der Waals surface area contributed by atoms with Gasteiger partial charge in [0.05, 0.1) is 12.1 Å². The number of nitrogens with one attached hydrogen (secondary N) is 1. The average molecular weight is 256 g/mol. The zero-order valence-corrected chi connectivity index (χ0v) is 12.0. The second kappa shape index (κ2) is 7.10. The van der Waals surface area contributed by atoms with Gasteiger partial charge in [0.1, 0.15) is 0 Å². The highest BCUT2D eigenvalue weighted by atomic mass is 16.5. The third kappa shape index (κ3) is 5.36. The Hall–Kier alpha value is -0.610. The third-order valence-corrected chi connectivity index (χ3v) is 3.61. The van der Waals surface area contributed by atoms with Gasteiger partial charge in [-0.1, -0.05) is 13.3 Å². The third-order valence-electron chi connectivity index (χ3n) is 3.61. The molecule has 0 aromatic carbocycles. The summed E-state index contributed by atoms with van der Waals surface area (Å²) in [5.74, 6) is 0.204. The summed E-state index contributed by atoms with van der Waals surface area (Å²) in [7, 11) is 0. The van der Waals surface area contributed by atoms with E-state index in [1.807, 2.05) is 13.8 Å². The van der Waals surface area contributed by atoms with Crippen LogP contribution in [0.5, 0.6) is 0 Å². The highest BCUT2D eigenvalue weighted by Gasteiger charge is 2.30. The standard InChI is InChI=1S/C14H28N2O2/c1-11(6-4-7-12(2)15)13(17)16-14(3)8-5-9-18-10-14/h11-12H,4-10,15H2,1-3H3,(H,16,17). The van der Waals surface area contributed by atoms with Crippen molar-refractivity contribution in [3.8, 4) is 0 Å². The van der Waals surface area contributed by atoms with Crippen molar-refractivity contribution in [1.82, 2.24) is 5.32 Å². The molecule has 106 valence electrons. The van der Waals surface area contributed by atoms with Crippen molar-refractivity contribution in [1.29, 1.82) is 0 Å². The fourth-order valence-electron chi connectivity index (χ4n) is 2.33. The summed E-state index contributed by atoms with van der Waals surface area (Å²) in [6, 6.07) is 0.226. The summed E-state index contributed by atoms with van der Waals surface area (Å²) in [6.07, 6.45) is 4.93. The van der Waals surface area contributed by atoms with Crippen molar-refractivity contribution in [2.45, 2.75) is 64.5 Å². The summed E-state index contributed by atoms with van der Waals surface area (Å²) >= 11 is 0. The van der Waals surface area contributed by atoms with Crippen LogP contribution in [0.15, 0.2) is 0 Å². The minimum Gasteiger partial charge on any atom is -0.379 e. The minimum atomic E-state index is -0.176. The Morgan fingerprint density at radius 1 is 1.44 bits per heavy atom. The van der Waals surface area contributed by atoms with Crippen LogP contribution in [0.3, 0.4) is 0 Å². The molecule has 0 aromatic heterocycles. The Labute approximate surface area is 111 Å². The highest BCUT2D eigenvalue weighted by molar-refractivity contribution is 5.79. The Balaban J connectivity index is 2.30. The van der Waals surface area contributed by atoms with Crippen LogP contribution in [0, 0.1) is 5.92 Å². The van der Waals surface area contributed by atoms with Gasteiger partial charge in [-0.05, 0) is 39.5 Å². The molecule has 0 aromatic rings. The normalized spacial score (nSPS) is 27.6. The Morgan fingerprint density at radius 2 is 2.17 bits per heavy atom. The van der Waals surface area contributed by atoms with E-state index < -0.39 is 0 Å². The van der Waals surface area contributed by atoms with Gasteiger partial charge >= 0.3 is 0 Å². The molecule has 0 radical (unpaired) electrons. The second-order valence-corrected chi connectivity index (χ2v) is 6.02. The zero-order chi connectivity index (χ0) is 13.6. The molecule has 1 rings (SSSR count). The van der Waals surface area contributed by atoms with E-state index in [-0.39, 0.29) is 23.4 Å². The first-order valence-electron chi connectivity index (χ1n) is 7.08. The van der Waals surface area contributed by atoms with Gasteiger partial charge in [0.25, 0.3) is 0 Å². The summed E-state index contributed by atoms with van der Waals surface area (Å²) in [5.41, 5.74) is 5.53. The molecule has 18 heavy (non-hydrogen) atoms. The summed E-state index contributed by atoms with van der Waals surface area (Å²) in [4.78, 5) is 12.1. The first-order valence-corrected chi connectivity index (χ1v) is 7.08. The number of nitrogens with two attached hydrogens (primary N) is 1. The average Bonchev–Trinajstić information content (AvgIpc) is 2.28. The number of rotatable bonds is 6. The fraction of sp³-hybridized carbons (Fsp3) is 0.929. The Kier molecular flexibility index (Phi) is 6.09. The molecule has 1 saturated heterocycles. The van der Waals surface area contributed by atoms with Crippen molar-refractivity contribution in [2.75, 3.05) is 13.2 Å². The summed E-state index contributed by atoms with van der Waals surface area (Å²) < 4.78 is 5.45. The molecule has 3 unspecified atom stereocenters. The fourth-order valence-corrected chi connectivity index (χ4v) is 2.33. The molecule has 1 amide bonds. The van der Waals surface area contributed by atoms with Gasteiger partial charge in [-0.15, -0.1) is 0 Å². The number of ether oxygens (including phenoxy) is 1. The molecule has 1 heterocycles. The lowest BCUT2D eigenvalue weighted by atomic mass is 9.93. The molecule has 0 bridgehead atoms. The maximum Gasteiger partial charge on any atom is 0.223 e. The topological polar surface area (TPSA) is 64.4 Å². The molecule has 1 aliphatic heterocycles. The maximum absolute atomic E-state index is 12.1. The number of amides is 1. The molecule has 4 heteroatoms. The monoisotopic (exact) mass is 256 g/mol. The van der Waals surface area contributed by atoms with Crippen molar-refractivity contribution < 1.29 is 9.53 Å². The lowest BCUT2D eigenvalue weighted by Gasteiger charge is -2.35. The number of hydrogen-bond acceptors (Lipinski definition) is 3. The number of hydrogen-bond donors (Lipinski definition) is 2. The Bertz CT molecular complexity index is 261. The molecular weight excluding hydrogens is 228 g/mol. The van der Waals surface area contributed by atoms with E-state index in [2.05, 4.69) is 12.2 Å². The van der Waals surface area contributed by atoms with Crippen LogP contribution < -0.4 is 11.1 Å². The molecule has 0 spiro atoms. The smallest absolute Gasteiger partial charge is 0.223 e. The second-order valence-electron chi connectivity index (χ2n) is 6.02. The van der Waals surface area contributed by atoms with E-state index in [1.54, 1.807) is 0 Å². The molecule has 3 N–H and O–H groups in total. The molecule has 4 nitrogen and oxygen atoms in total. The van der Waals surface area contributed by atoms with E-state index in [1.165, 1.54) is 0 Å². The van der Waals surface area contributed by atoms with Gasteiger partial charge in [-0.25, -0.2) is 0 Å². The van der Waals surface area contributed by atoms with Crippen LogP contribution in [-0.4, -0.2) is 30.7 Å². The van der Waals surface area contributed by atoms with Gasteiger partial charge < -0.3 is 15.8 Å². The largest absolute Gasteiger partial charge is 0.379 e. The van der Waals surface area contributed by atoms with Crippen molar-refractivity contribution in [2.24, 2.45) is 11.7 Å². The van der Waals surface area contributed by atoms with E-state index in [0.717, 1.165) is 38.7 Å². The summed E-state index contributed by atoms with van der Waals surface area (Å²) in [6.45, 7) is 7.51. The predicted molar refractivity (Wildman–Crippen MR) is 73.3 cm³/mol.